The first-order chi connectivity index (χ1) is 6.43. The fourth-order valence-electron chi connectivity index (χ4n) is 1.28. The molecule has 0 bridgehead atoms. The molecule has 0 fully saturated rings. The number of nitrogens with zero attached hydrogens (tertiary/aromatic N) is 1. The van der Waals surface area contributed by atoms with Gasteiger partial charge in [0.25, 0.3) is 0 Å². The number of ether oxygens (including phenoxy) is 1. The summed E-state index contributed by atoms with van der Waals surface area (Å²) in [5.41, 5.74) is 0. The Labute approximate surface area is 85.9 Å². The highest BCUT2D eigenvalue weighted by molar-refractivity contribution is 5.56. The minimum atomic E-state index is -1.20. The molecule has 0 atom stereocenters. The van der Waals surface area contributed by atoms with E-state index in [-0.39, 0.29) is 6.61 Å². The van der Waals surface area contributed by atoms with Crippen LogP contribution < -0.4 is 0 Å². The predicted molar refractivity (Wildman–Crippen MR) is 55.5 cm³/mol. The van der Waals surface area contributed by atoms with Gasteiger partial charge in [-0.25, -0.2) is 4.79 Å². The number of carbonyl (C=O) groups is 1. The van der Waals surface area contributed by atoms with E-state index in [1.54, 1.807) is 0 Å². The summed E-state index contributed by atoms with van der Waals surface area (Å²) in [6.07, 6.45) is -1.20. The van der Waals surface area contributed by atoms with Crippen LogP contribution in [0.3, 0.4) is 0 Å². The Bertz CT molecular complexity index is 169. The van der Waals surface area contributed by atoms with Crippen LogP contribution in [-0.4, -0.2) is 41.9 Å². The number of hydrogen-bond donors (Lipinski definition) is 1. The summed E-state index contributed by atoms with van der Waals surface area (Å²) in [6.45, 7) is 10.4. The lowest BCUT2D eigenvalue weighted by atomic mass is 10.2. The van der Waals surface area contributed by atoms with Crippen LogP contribution >= 0.6 is 0 Å². The molecule has 0 unspecified atom stereocenters. The molecule has 84 valence electrons. The second-order valence-corrected chi connectivity index (χ2v) is 4.10. The van der Waals surface area contributed by atoms with Crippen molar-refractivity contribution < 1.29 is 14.6 Å². The number of rotatable bonds is 6. The van der Waals surface area contributed by atoms with Gasteiger partial charge < -0.3 is 9.84 Å². The van der Waals surface area contributed by atoms with Gasteiger partial charge in [-0.05, 0) is 19.8 Å². The zero-order chi connectivity index (χ0) is 11.1. The third kappa shape index (κ3) is 6.71. The molecule has 0 aromatic carbocycles. The highest BCUT2D eigenvalue weighted by Crippen LogP contribution is 2.03. The van der Waals surface area contributed by atoms with Crippen molar-refractivity contribution in [2.24, 2.45) is 5.92 Å². The number of hydrogen-bond acceptors (Lipinski definition) is 3. The van der Waals surface area contributed by atoms with Gasteiger partial charge in [0, 0.05) is 19.1 Å². The SMILES string of the molecule is CC(C)CN(CCOC(=O)O)C(C)C. The highest BCUT2D eigenvalue weighted by Gasteiger charge is 2.11. The zero-order valence-electron chi connectivity index (χ0n) is 9.49. The van der Waals surface area contributed by atoms with Crippen molar-refractivity contribution >= 4 is 6.16 Å². The number of carboxylic acid groups (broad SMARTS) is 1. The third-order valence-corrected chi connectivity index (χ3v) is 1.93. The minimum Gasteiger partial charge on any atom is -0.450 e. The Morgan fingerprint density at radius 2 is 1.93 bits per heavy atom. The highest BCUT2D eigenvalue weighted by atomic mass is 16.7. The van der Waals surface area contributed by atoms with Crippen molar-refractivity contribution in [1.29, 1.82) is 0 Å². The van der Waals surface area contributed by atoms with Gasteiger partial charge in [0.15, 0.2) is 0 Å². The summed E-state index contributed by atoms with van der Waals surface area (Å²) >= 11 is 0. The van der Waals surface area contributed by atoms with Crippen LogP contribution in [0.15, 0.2) is 0 Å². The lowest BCUT2D eigenvalue weighted by Crippen LogP contribution is -2.37. The normalized spacial score (nSPS) is 11.4. The molecule has 1 N–H and O–H groups in total. The van der Waals surface area contributed by atoms with Gasteiger partial charge >= 0.3 is 6.16 Å². The molecule has 0 aliphatic rings. The van der Waals surface area contributed by atoms with E-state index in [9.17, 15) is 4.79 Å². The Hall–Kier alpha value is -0.770. The van der Waals surface area contributed by atoms with Gasteiger partial charge in [0.2, 0.25) is 0 Å². The molecule has 0 radical (unpaired) electrons. The van der Waals surface area contributed by atoms with Gasteiger partial charge in [0.1, 0.15) is 6.61 Å². The second-order valence-electron chi connectivity index (χ2n) is 4.10. The van der Waals surface area contributed by atoms with Crippen molar-refractivity contribution in [1.82, 2.24) is 4.90 Å². The molecule has 0 amide bonds. The van der Waals surface area contributed by atoms with Crippen LogP contribution in [0.25, 0.3) is 0 Å². The average Bonchev–Trinajstić information content (AvgIpc) is 2.00. The molecule has 0 rings (SSSR count). The van der Waals surface area contributed by atoms with E-state index in [1.165, 1.54) is 0 Å². The van der Waals surface area contributed by atoms with E-state index in [1.807, 2.05) is 0 Å². The van der Waals surface area contributed by atoms with E-state index in [4.69, 9.17) is 5.11 Å². The Morgan fingerprint density at radius 1 is 1.36 bits per heavy atom. The van der Waals surface area contributed by atoms with Gasteiger partial charge in [-0.1, -0.05) is 13.8 Å². The maximum atomic E-state index is 10.1. The van der Waals surface area contributed by atoms with Crippen molar-refractivity contribution in [3.05, 3.63) is 0 Å². The first kappa shape index (κ1) is 13.2. The standard InChI is InChI=1S/C10H21NO3/c1-8(2)7-11(9(3)4)5-6-14-10(12)13/h8-9H,5-7H2,1-4H3,(H,12,13). The van der Waals surface area contributed by atoms with Crippen LogP contribution in [0, 0.1) is 5.92 Å². The first-order valence-corrected chi connectivity index (χ1v) is 5.03. The molecule has 0 saturated carbocycles. The van der Waals surface area contributed by atoms with E-state index in [0.717, 1.165) is 6.54 Å². The molecule has 0 aromatic rings. The largest absolute Gasteiger partial charge is 0.505 e. The minimum absolute atomic E-state index is 0.250. The summed E-state index contributed by atoms with van der Waals surface area (Å²) in [5.74, 6) is 0.585. The maximum absolute atomic E-state index is 10.1. The molecule has 0 aliphatic carbocycles. The van der Waals surface area contributed by atoms with E-state index >= 15 is 0 Å². The quantitative estimate of drug-likeness (QED) is 0.671. The summed E-state index contributed by atoms with van der Waals surface area (Å²) in [5, 5.41) is 8.31. The second kappa shape index (κ2) is 6.65. The molecule has 0 aromatic heterocycles. The summed E-state index contributed by atoms with van der Waals surface area (Å²) in [7, 11) is 0. The lowest BCUT2D eigenvalue weighted by molar-refractivity contribution is 0.0730. The lowest BCUT2D eigenvalue weighted by Gasteiger charge is -2.27. The smallest absolute Gasteiger partial charge is 0.450 e. The van der Waals surface area contributed by atoms with Crippen molar-refractivity contribution in [2.45, 2.75) is 33.7 Å². The summed E-state index contributed by atoms with van der Waals surface area (Å²) in [6, 6.07) is 0.426. The van der Waals surface area contributed by atoms with Crippen molar-refractivity contribution in [3.63, 3.8) is 0 Å². The summed E-state index contributed by atoms with van der Waals surface area (Å²) in [4.78, 5) is 12.3. The van der Waals surface area contributed by atoms with Gasteiger partial charge in [-0.15, -0.1) is 0 Å². The molecular formula is C10H21NO3. The third-order valence-electron chi connectivity index (χ3n) is 1.93. The molecule has 0 spiro atoms. The molecule has 14 heavy (non-hydrogen) atoms. The Kier molecular flexibility index (Phi) is 6.28. The molecule has 4 heteroatoms. The molecule has 0 heterocycles. The fourth-order valence-corrected chi connectivity index (χ4v) is 1.28. The molecule has 0 aliphatic heterocycles. The van der Waals surface area contributed by atoms with Crippen LogP contribution in [0.5, 0.6) is 0 Å². The molecular weight excluding hydrogens is 182 g/mol. The van der Waals surface area contributed by atoms with Crippen LogP contribution in [0.2, 0.25) is 0 Å². The molecule has 0 saturated heterocycles. The van der Waals surface area contributed by atoms with Crippen LogP contribution in [0.4, 0.5) is 4.79 Å². The average molecular weight is 203 g/mol. The van der Waals surface area contributed by atoms with E-state index < -0.39 is 6.16 Å². The van der Waals surface area contributed by atoms with Gasteiger partial charge in [-0.3, -0.25) is 4.90 Å². The van der Waals surface area contributed by atoms with Crippen molar-refractivity contribution in [2.75, 3.05) is 19.7 Å². The van der Waals surface area contributed by atoms with E-state index in [0.29, 0.717) is 18.5 Å². The topological polar surface area (TPSA) is 49.8 Å². The van der Waals surface area contributed by atoms with Crippen LogP contribution in [-0.2, 0) is 4.74 Å². The van der Waals surface area contributed by atoms with Crippen molar-refractivity contribution in [3.8, 4) is 0 Å². The summed E-state index contributed by atoms with van der Waals surface area (Å²) < 4.78 is 4.48. The van der Waals surface area contributed by atoms with Gasteiger partial charge in [-0.2, -0.15) is 0 Å². The Morgan fingerprint density at radius 3 is 2.29 bits per heavy atom. The fraction of sp³-hybridized carbons (Fsp3) is 0.900. The Balaban J connectivity index is 3.79. The van der Waals surface area contributed by atoms with Gasteiger partial charge in [0.05, 0.1) is 0 Å². The predicted octanol–water partition coefficient (Wildman–Crippen LogP) is 2.05. The monoisotopic (exact) mass is 203 g/mol. The van der Waals surface area contributed by atoms with E-state index in [2.05, 4.69) is 37.3 Å². The maximum Gasteiger partial charge on any atom is 0.505 e. The molecule has 4 nitrogen and oxygen atoms in total. The zero-order valence-corrected chi connectivity index (χ0v) is 9.49. The van der Waals surface area contributed by atoms with Crippen LogP contribution in [0.1, 0.15) is 27.7 Å². The first-order valence-electron chi connectivity index (χ1n) is 5.03.